The van der Waals surface area contributed by atoms with E-state index in [0.29, 0.717) is 0 Å². The topological polar surface area (TPSA) is 103 Å². The van der Waals surface area contributed by atoms with Gasteiger partial charge in [0.2, 0.25) is 10.0 Å². The summed E-state index contributed by atoms with van der Waals surface area (Å²) in [7, 11) is -7.28. The van der Waals surface area contributed by atoms with Gasteiger partial charge in [-0.2, -0.15) is 0 Å². The van der Waals surface area contributed by atoms with Crippen molar-refractivity contribution in [1.29, 1.82) is 0 Å². The molecular formula is C19H17F2NO6S2. The van der Waals surface area contributed by atoms with E-state index in [1.54, 1.807) is 0 Å². The Bertz CT molecular complexity index is 1220. The van der Waals surface area contributed by atoms with Crippen LogP contribution in [0.4, 0.5) is 8.78 Å². The third-order valence-corrected chi connectivity index (χ3v) is 7.77. The van der Waals surface area contributed by atoms with Gasteiger partial charge in [0.25, 0.3) is 0 Å². The Balaban J connectivity index is 1.96. The van der Waals surface area contributed by atoms with Gasteiger partial charge >= 0.3 is 0 Å². The van der Waals surface area contributed by atoms with Crippen LogP contribution < -0.4 is 9.46 Å². The third kappa shape index (κ3) is 4.53. The largest absolute Gasteiger partial charge is 0.495 e. The summed E-state index contributed by atoms with van der Waals surface area (Å²) in [4.78, 5) is -0.699. The summed E-state index contributed by atoms with van der Waals surface area (Å²) in [6.45, 7) is -0.616. The molecule has 0 fully saturated rings. The molecule has 0 spiro atoms. The summed E-state index contributed by atoms with van der Waals surface area (Å²) in [6.07, 6.45) is 1.24. The van der Waals surface area contributed by atoms with Gasteiger partial charge in [0.1, 0.15) is 33.3 Å². The maximum Gasteiger partial charge on any atom is 0.244 e. The van der Waals surface area contributed by atoms with Gasteiger partial charge in [-0.25, -0.2) is 30.3 Å². The number of hydrogen-bond donors (Lipinski definition) is 1. The van der Waals surface area contributed by atoms with Gasteiger partial charge in [-0.05, 0) is 54.6 Å². The fourth-order valence-corrected chi connectivity index (χ4v) is 5.67. The molecular weight excluding hydrogens is 440 g/mol. The summed E-state index contributed by atoms with van der Waals surface area (Å²) in [5.41, 5.74) is 0. The molecule has 0 aliphatic heterocycles. The number of methoxy groups -OCH3 is 1. The lowest BCUT2D eigenvalue weighted by atomic mass is 10.3. The van der Waals surface area contributed by atoms with Crippen molar-refractivity contribution in [3.63, 3.8) is 0 Å². The van der Waals surface area contributed by atoms with Crippen LogP contribution in [-0.4, -0.2) is 30.5 Å². The van der Waals surface area contributed by atoms with Crippen LogP contribution in [0.25, 0.3) is 0 Å². The summed E-state index contributed by atoms with van der Waals surface area (Å²) < 4.78 is 90.7. The summed E-state index contributed by atoms with van der Waals surface area (Å²) in [5, 5.41) is -1.45. The molecule has 30 heavy (non-hydrogen) atoms. The zero-order chi connectivity index (χ0) is 21.9. The Hall–Kier alpha value is -2.76. The maximum atomic E-state index is 13.6. The lowest BCUT2D eigenvalue weighted by molar-refractivity contribution is 0.400. The van der Waals surface area contributed by atoms with Crippen molar-refractivity contribution in [3.05, 3.63) is 78.3 Å². The van der Waals surface area contributed by atoms with Crippen LogP contribution in [0.1, 0.15) is 11.0 Å². The predicted molar refractivity (Wildman–Crippen MR) is 103 cm³/mol. The van der Waals surface area contributed by atoms with Crippen LogP contribution in [-0.2, 0) is 19.9 Å². The average Bonchev–Trinajstić information content (AvgIpc) is 3.22. The number of rotatable bonds is 8. The van der Waals surface area contributed by atoms with E-state index in [1.807, 2.05) is 0 Å². The van der Waals surface area contributed by atoms with Crippen LogP contribution in [0, 0.1) is 11.6 Å². The summed E-state index contributed by atoms with van der Waals surface area (Å²) in [5.74, 6) is -1.56. The number of hydrogen-bond acceptors (Lipinski definition) is 6. The third-order valence-electron chi connectivity index (χ3n) is 4.25. The number of halogens is 2. The summed E-state index contributed by atoms with van der Waals surface area (Å²) in [6, 6.07) is 9.87. The first-order valence-corrected chi connectivity index (χ1v) is 11.5. The highest BCUT2D eigenvalue weighted by Gasteiger charge is 2.33. The Morgan fingerprint density at radius 2 is 1.67 bits per heavy atom. The normalized spacial score (nSPS) is 13.2. The molecule has 7 nitrogen and oxygen atoms in total. The minimum absolute atomic E-state index is 0.0202. The first kappa shape index (κ1) is 21.9. The zero-order valence-corrected chi connectivity index (χ0v) is 17.2. The van der Waals surface area contributed by atoms with Crippen LogP contribution in [0.5, 0.6) is 5.75 Å². The van der Waals surface area contributed by atoms with Gasteiger partial charge in [0.05, 0.1) is 18.3 Å². The van der Waals surface area contributed by atoms with Gasteiger partial charge in [-0.15, -0.1) is 0 Å². The van der Waals surface area contributed by atoms with E-state index in [4.69, 9.17) is 9.15 Å². The number of nitrogens with one attached hydrogen (secondary N) is 1. The van der Waals surface area contributed by atoms with Gasteiger partial charge in [-0.3, -0.25) is 0 Å². The van der Waals surface area contributed by atoms with Gasteiger partial charge in [0, 0.05) is 6.54 Å². The molecule has 160 valence electrons. The molecule has 0 bridgehead atoms. The molecule has 1 N–H and O–H groups in total. The molecule has 0 saturated carbocycles. The van der Waals surface area contributed by atoms with E-state index >= 15 is 0 Å². The lowest BCUT2D eigenvalue weighted by Crippen LogP contribution is -2.32. The molecule has 1 atom stereocenters. The first-order valence-electron chi connectivity index (χ1n) is 8.51. The molecule has 11 heteroatoms. The van der Waals surface area contributed by atoms with E-state index in [1.165, 1.54) is 25.5 Å². The SMILES string of the molecule is COc1ccc(F)cc1S(=O)(=O)NC[C@H](c1ccco1)S(=O)(=O)c1ccc(F)cc1. The highest BCUT2D eigenvalue weighted by atomic mass is 32.2. The Morgan fingerprint density at radius 1 is 1.00 bits per heavy atom. The zero-order valence-electron chi connectivity index (χ0n) is 15.6. The number of ether oxygens (including phenoxy) is 1. The second-order valence-corrected chi connectivity index (χ2v) is 10.0. The van der Waals surface area contributed by atoms with E-state index in [0.717, 1.165) is 42.5 Å². The second kappa shape index (κ2) is 8.54. The average molecular weight is 457 g/mol. The minimum atomic E-state index is -4.34. The van der Waals surface area contributed by atoms with Crippen molar-refractivity contribution in [2.24, 2.45) is 0 Å². The molecule has 3 rings (SSSR count). The van der Waals surface area contributed by atoms with Gasteiger partial charge in [0.15, 0.2) is 9.84 Å². The van der Waals surface area contributed by atoms with Crippen molar-refractivity contribution in [2.75, 3.05) is 13.7 Å². The monoisotopic (exact) mass is 457 g/mol. The number of benzene rings is 2. The van der Waals surface area contributed by atoms with Crippen LogP contribution in [0.15, 0.2) is 75.1 Å². The molecule has 0 amide bonds. The molecule has 0 aliphatic rings. The van der Waals surface area contributed by atoms with Crippen LogP contribution in [0.2, 0.25) is 0 Å². The predicted octanol–water partition coefficient (Wildman–Crippen LogP) is 3.06. The first-order chi connectivity index (χ1) is 14.1. The van der Waals surface area contributed by atoms with E-state index < -0.39 is 48.2 Å². The minimum Gasteiger partial charge on any atom is -0.495 e. The quantitative estimate of drug-likeness (QED) is 0.522. The Morgan fingerprint density at radius 3 is 2.27 bits per heavy atom. The molecule has 0 radical (unpaired) electrons. The Kier molecular flexibility index (Phi) is 6.25. The van der Waals surface area contributed by atoms with E-state index in [-0.39, 0.29) is 16.4 Å². The molecule has 0 unspecified atom stereocenters. The fraction of sp³-hybridized carbons (Fsp3) is 0.158. The standard InChI is InChI=1S/C19H17F2NO6S2/c1-27-16-9-6-14(21)11-18(16)30(25,26)22-12-19(17-3-2-10-28-17)29(23,24)15-7-4-13(20)5-8-15/h2-11,19,22H,12H2,1H3/t19-/m1/s1. The molecule has 3 aromatic rings. The van der Waals surface area contributed by atoms with Gasteiger partial charge in [-0.1, -0.05) is 0 Å². The highest BCUT2D eigenvalue weighted by molar-refractivity contribution is 7.92. The van der Waals surface area contributed by atoms with Crippen molar-refractivity contribution in [1.82, 2.24) is 4.72 Å². The van der Waals surface area contributed by atoms with Crippen molar-refractivity contribution >= 4 is 19.9 Å². The van der Waals surface area contributed by atoms with Crippen molar-refractivity contribution < 1.29 is 34.8 Å². The highest BCUT2D eigenvalue weighted by Crippen LogP contribution is 2.30. The maximum absolute atomic E-state index is 13.6. The van der Waals surface area contributed by atoms with Gasteiger partial charge < -0.3 is 9.15 Å². The lowest BCUT2D eigenvalue weighted by Gasteiger charge is -2.17. The Labute approximate surface area is 172 Å². The fourth-order valence-electron chi connectivity index (χ4n) is 2.75. The molecule has 1 aromatic heterocycles. The van der Waals surface area contributed by atoms with Crippen molar-refractivity contribution in [3.8, 4) is 5.75 Å². The van der Waals surface area contributed by atoms with Crippen LogP contribution >= 0.6 is 0 Å². The van der Waals surface area contributed by atoms with E-state index in [2.05, 4.69) is 4.72 Å². The molecule has 1 heterocycles. The van der Waals surface area contributed by atoms with Crippen LogP contribution in [0.3, 0.4) is 0 Å². The number of furan rings is 1. The van der Waals surface area contributed by atoms with Crippen molar-refractivity contribution in [2.45, 2.75) is 15.0 Å². The second-order valence-electron chi connectivity index (χ2n) is 6.15. The summed E-state index contributed by atoms with van der Waals surface area (Å²) >= 11 is 0. The smallest absolute Gasteiger partial charge is 0.244 e. The molecule has 0 aliphatic carbocycles. The molecule has 0 saturated heterocycles. The molecule has 2 aromatic carbocycles. The number of sulfonamides is 1. The van der Waals surface area contributed by atoms with E-state index in [9.17, 15) is 25.6 Å². The number of sulfone groups is 1.